The van der Waals surface area contributed by atoms with Crippen molar-refractivity contribution in [1.29, 1.82) is 0 Å². The Morgan fingerprint density at radius 1 is 1.06 bits per heavy atom. The van der Waals surface area contributed by atoms with Gasteiger partial charge in [-0.1, -0.05) is 63.8 Å². The van der Waals surface area contributed by atoms with E-state index in [9.17, 15) is 4.79 Å². The molecule has 1 radical (unpaired) electrons. The number of Topliss-reactive ketones (excluding diaryl/α,β-unsaturated/α-hetero) is 1. The van der Waals surface area contributed by atoms with E-state index in [-0.39, 0.29) is 5.78 Å². The van der Waals surface area contributed by atoms with Gasteiger partial charge in [0.1, 0.15) is 0 Å². The summed E-state index contributed by atoms with van der Waals surface area (Å²) in [7, 11) is 0. The van der Waals surface area contributed by atoms with Gasteiger partial charge in [-0.25, -0.2) is 0 Å². The summed E-state index contributed by atoms with van der Waals surface area (Å²) in [6.07, 6.45) is 8.64. The molecule has 0 atom stereocenters. The van der Waals surface area contributed by atoms with E-state index in [4.69, 9.17) is 0 Å². The molecule has 0 aliphatic heterocycles. The molecule has 1 heteroatoms. The van der Waals surface area contributed by atoms with Crippen LogP contribution in [0.4, 0.5) is 0 Å². The first-order chi connectivity index (χ1) is 8.77. The smallest absolute Gasteiger partial charge is 0.162 e. The summed E-state index contributed by atoms with van der Waals surface area (Å²) in [6.45, 7) is 5.99. The number of ketones is 1. The molecule has 0 aliphatic carbocycles. The molecule has 1 aromatic carbocycles. The third-order valence-corrected chi connectivity index (χ3v) is 3.25. The summed E-state index contributed by atoms with van der Waals surface area (Å²) < 4.78 is 0. The molecule has 0 N–H and O–H groups in total. The third kappa shape index (κ3) is 5.48. The van der Waals surface area contributed by atoms with Crippen molar-refractivity contribution < 1.29 is 4.79 Å². The Kier molecular flexibility index (Phi) is 7.40. The van der Waals surface area contributed by atoms with Gasteiger partial charge in [0, 0.05) is 12.0 Å². The van der Waals surface area contributed by atoms with E-state index in [0.717, 1.165) is 24.8 Å². The Hall–Kier alpha value is -1.11. The number of carbonyl (C=O) groups excluding carboxylic acids is 1. The second-order valence-electron chi connectivity index (χ2n) is 4.89. The summed E-state index contributed by atoms with van der Waals surface area (Å²) in [6, 6.07) is 8.15. The fourth-order valence-corrected chi connectivity index (χ4v) is 2.04. The van der Waals surface area contributed by atoms with Crippen molar-refractivity contribution in [2.24, 2.45) is 0 Å². The van der Waals surface area contributed by atoms with E-state index in [1.165, 1.54) is 31.2 Å². The van der Waals surface area contributed by atoms with Crippen LogP contribution in [0.15, 0.2) is 24.3 Å². The molecule has 0 unspecified atom stereocenters. The highest BCUT2D eigenvalue weighted by Gasteiger charge is 2.04. The van der Waals surface area contributed by atoms with Gasteiger partial charge >= 0.3 is 0 Å². The molecule has 0 spiro atoms. The van der Waals surface area contributed by atoms with E-state index in [2.05, 4.69) is 26.0 Å². The average molecular weight is 245 g/mol. The standard InChI is InChI=1S/C17H25O/c1-3-5-7-8-9-15-11-13-16(14-12-15)17(18)10-6-4-2/h11-14H,2-10H2,1H3. The van der Waals surface area contributed by atoms with Crippen molar-refractivity contribution in [1.82, 2.24) is 0 Å². The zero-order chi connectivity index (χ0) is 13.2. The Labute approximate surface area is 112 Å². The van der Waals surface area contributed by atoms with Gasteiger partial charge in [0.05, 0.1) is 0 Å². The monoisotopic (exact) mass is 245 g/mol. The number of unbranched alkanes of at least 4 members (excludes halogenated alkanes) is 4. The average Bonchev–Trinajstić information content (AvgIpc) is 2.41. The Morgan fingerprint density at radius 2 is 1.78 bits per heavy atom. The van der Waals surface area contributed by atoms with Crippen LogP contribution >= 0.6 is 0 Å². The van der Waals surface area contributed by atoms with Gasteiger partial charge in [-0.3, -0.25) is 4.79 Å². The molecule has 18 heavy (non-hydrogen) atoms. The fourth-order valence-electron chi connectivity index (χ4n) is 2.04. The van der Waals surface area contributed by atoms with Crippen LogP contribution in [-0.2, 0) is 6.42 Å². The van der Waals surface area contributed by atoms with Crippen molar-refractivity contribution >= 4 is 5.78 Å². The van der Waals surface area contributed by atoms with E-state index < -0.39 is 0 Å². The second kappa shape index (κ2) is 8.91. The molecule has 0 fully saturated rings. The summed E-state index contributed by atoms with van der Waals surface area (Å²) in [5.74, 6) is 0.246. The SMILES string of the molecule is [CH2]CCCC(=O)c1ccc(CCCCCC)cc1. The van der Waals surface area contributed by atoms with Gasteiger partial charge in [0.15, 0.2) is 5.78 Å². The molecule has 0 aromatic heterocycles. The first-order valence-electron chi connectivity index (χ1n) is 7.19. The molecule has 0 amide bonds. The number of benzene rings is 1. The van der Waals surface area contributed by atoms with Crippen LogP contribution in [0.1, 0.15) is 67.8 Å². The van der Waals surface area contributed by atoms with Crippen LogP contribution in [0, 0.1) is 6.92 Å². The maximum Gasteiger partial charge on any atom is 0.162 e. The van der Waals surface area contributed by atoms with Gasteiger partial charge in [-0.2, -0.15) is 0 Å². The normalized spacial score (nSPS) is 10.6. The number of rotatable bonds is 9. The summed E-state index contributed by atoms with van der Waals surface area (Å²) >= 11 is 0. The Balaban J connectivity index is 2.39. The molecular formula is C17H25O. The zero-order valence-electron chi connectivity index (χ0n) is 11.6. The first kappa shape index (κ1) is 14.9. The third-order valence-electron chi connectivity index (χ3n) is 3.25. The van der Waals surface area contributed by atoms with E-state index >= 15 is 0 Å². The largest absolute Gasteiger partial charge is 0.294 e. The molecule has 1 nitrogen and oxygen atoms in total. The lowest BCUT2D eigenvalue weighted by atomic mass is 10.0. The highest BCUT2D eigenvalue weighted by molar-refractivity contribution is 5.96. The minimum atomic E-state index is 0.246. The Morgan fingerprint density at radius 3 is 2.39 bits per heavy atom. The van der Waals surface area contributed by atoms with Gasteiger partial charge in [-0.05, 0) is 24.8 Å². The maximum atomic E-state index is 11.8. The highest BCUT2D eigenvalue weighted by atomic mass is 16.1. The van der Waals surface area contributed by atoms with Crippen molar-refractivity contribution in [3.8, 4) is 0 Å². The van der Waals surface area contributed by atoms with Gasteiger partial charge < -0.3 is 0 Å². The van der Waals surface area contributed by atoms with E-state index in [1.54, 1.807) is 0 Å². The quantitative estimate of drug-likeness (QED) is 0.442. The second-order valence-corrected chi connectivity index (χ2v) is 4.89. The molecule has 1 rings (SSSR count). The highest BCUT2D eigenvalue weighted by Crippen LogP contribution is 2.12. The topological polar surface area (TPSA) is 17.1 Å². The fraction of sp³-hybridized carbons (Fsp3) is 0.529. The van der Waals surface area contributed by atoms with Crippen LogP contribution < -0.4 is 0 Å². The van der Waals surface area contributed by atoms with Crippen LogP contribution in [0.2, 0.25) is 0 Å². The molecule has 0 saturated heterocycles. The molecule has 99 valence electrons. The Bertz CT molecular complexity index is 337. The predicted octanol–water partition coefficient (Wildman–Crippen LogP) is 5.00. The lowest BCUT2D eigenvalue weighted by Crippen LogP contribution is -1.98. The van der Waals surface area contributed by atoms with Crippen molar-refractivity contribution in [2.45, 2.75) is 58.3 Å². The molecule has 0 heterocycles. The van der Waals surface area contributed by atoms with Crippen LogP contribution in [0.5, 0.6) is 0 Å². The van der Waals surface area contributed by atoms with Gasteiger partial charge in [0.25, 0.3) is 0 Å². The van der Waals surface area contributed by atoms with Crippen molar-refractivity contribution in [3.05, 3.63) is 42.3 Å². The number of carbonyl (C=O) groups is 1. The molecule has 0 aliphatic rings. The lowest BCUT2D eigenvalue weighted by molar-refractivity contribution is 0.0980. The molecule has 0 saturated carbocycles. The molecule has 1 aromatic rings. The summed E-state index contributed by atoms with van der Waals surface area (Å²) in [4.78, 5) is 11.8. The number of hydrogen-bond acceptors (Lipinski definition) is 1. The van der Waals surface area contributed by atoms with Crippen LogP contribution in [0.25, 0.3) is 0 Å². The summed E-state index contributed by atoms with van der Waals surface area (Å²) in [5, 5.41) is 0. The molecule has 0 bridgehead atoms. The van der Waals surface area contributed by atoms with Crippen LogP contribution in [0.3, 0.4) is 0 Å². The van der Waals surface area contributed by atoms with Gasteiger partial charge in [0.2, 0.25) is 0 Å². The summed E-state index contributed by atoms with van der Waals surface area (Å²) in [5.41, 5.74) is 2.19. The van der Waals surface area contributed by atoms with E-state index in [1.807, 2.05) is 12.1 Å². The molecular weight excluding hydrogens is 220 g/mol. The predicted molar refractivity (Wildman–Crippen MR) is 77.8 cm³/mol. The first-order valence-corrected chi connectivity index (χ1v) is 7.19. The van der Waals surface area contributed by atoms with Crippen molar-refractivity contribution in [2.75, 3.05) is 0 Å². The van der Waals surface area contributed by atoms with Crippen molar-refractivity contribution in [3.63, 3.8) is 0 Å². The zero-order valence-corrected chi connectivity index (χ0v) is 11.6. The minimum absolute atomic E-state index is 0.246. The maximum absolute atomic E-state index is 11.8. The van der Waals surface area contributed by atoms with Crippen LogP contribution in [-0.4, -0.2) is 5.78 Å². The number of aryl methyl sites for hydroxylation is 1. The van der Waals surface area contributed by atoms with Gasteiger partial charge in [-0.15, -0.1) is 0 Å². The minimum Gasteiger partial charge on any atom is -0.294 e. The lowest BCUT2D eigenvalue weighted by Gasteiger charge is -2.04. The number of hydrogen-bond donors (Lipinski definition) is 0. The van der Waals surface area contributed by atoms with E-state index in [0.29, 0.717) is 6.42 Å².